The van der Waals surface area contributed by atoms with Crippen LogP contribution in [-0.2, 0) is 0 Å². The van der Waals surface area contributed by atoms with Gasteiger partial charge in [-0.05, 0) is 42.0 Å². The van der Waals surface area contributed by atoms with E-state index in [0.29, 0.717) is 5.69 Å². The second kappa shape index (κ2) is 6.99. The molecule has 0 radical (unpaired) electrons. The third kappa shape index (κ3) is 4.42. The topological polar surface area (TPSA) is 58.4 Å². The van der Waals surface area contributed by atoms with Gasteiger partial charge in [0.2, 0.25) is 0 Å². The van der Waals surface area contributed by atoms with Crippen molar-refractivity contribution in [2.24, 2.45) is 5.92 Å². The smallest absolute Gasteiger partial charge is 0.295 e. The summed E-state index contributed by atoms with van der Waals surface area (Å²) in [5, 5.41) is 14.2. The summed E-state index contributed by atoms with van der Waals surface area (Å²) in [6.07, 6.45) is 0. The van der Waals surface area contributed by atoms with E-state index in [1.54, 1.807) is 0 Å². The van der Waals surface area contributed by atoms with Crippen LogP contribution in [0.25, 0.3) is 0 Å². The van der Waals surface area contributed by atoms with Gasteiger partial charge in [0, 0.05) is 12.6 Å². The molecule has 0 aromatic heterocycles. The van der Waals surface area contributed by atoms with E-state index in [2.05, 4.69) is 21.2 Å². The van der Waals surface area contributed by atoms with Crippen molar-refractivity contribution in [3.63, 3.8) is 0 Å². The SMILES string of the molecule is CC(C)C(CN(C)C)Nc1cc(Br)c(F)cc1[N+](=O)[O-]. The molecule has 0 aliphatic carbocycles. The lowest BCUT2D eigenvalue weighted by Crippen LogP contribution is -2.36. The zero-order valence-corrected chi connectivity index (χ0v) is 13.6. The van der Waals surface area contributed by atoms with Crippen molar-refractivity contribution >= 4 is 27.3 Å². The highest BCUT2D eigenvalue weighted by molar-refractivity contribution is 9.10. The minimum Gasteiger partial charge on any atom is -0.375 e. The third-order valence-electron chi connectivity index (χ3n) is 2.94. The number of rotatable bonds is 6. The first-order valence-electron chi connectivity index (χ1n) is 6.27. The summed E-state index contributed by atoms with van der Waals surface area (Å²) in [7, 11) is 3.87. The van der Waals surface area contributed by atoms with Gasteiger partial charge in [-0.25, -0.2) is 4.39 Å². The van der Waals surface area contributed by atoms with Crippen molar-refractivity contribution in [3.8, 4) is 0 Å². The summed E-state index contributed by atoms with van der Waals surface area (Å²) in [5.74, 6) is -0.364. The normalized spacial score (nSPS) is 12.8. The van der Waals surface area contributed by atoms with Gasteiger partial charge in [0.15, 0.2) is 0 Å². The van der Waals surface area contributed by atoms with Crippen LogP contribution in [0.4, 0.5) is 15.8 Å². The molecule has 0 spiro atoms. The standard InChI is InChI=1S/C13H19BrFN3O2/c1-8(2)12(7-17(3)4)16-11-5-9(14)10(15)6-13(11)18(19)20/h5-6,8,12,16H,7H2,1-4H3. The van der Waals surface area contributed by atoms with Crippen LogP contribution in [0.1, 0.15) is 13.8 Å². The summed E-state index contributed by atoms with van der Waals surface area (Å²) in [5.41, 5.74) is 0.0685. The number of halogens is 2. The largest absolute Gasteiger partial charge is 0.375 e. The van der Waals surface area contributed by atoms with Crippen LogP contribution in [0.15, 0.2) is 16.6 Å². The van der Waals surface area contributed by atoms with Gasteiger partial charge in [-0.15, -0.1) is 0 Å². The Hall–Kier alpha value is -1.21. The monoisotopic (exact) mass is 347 g/mol. The molecule has 0 saturated carbocycles. The second-order valence-corrected chi connectivity index (χ2v) is 6.15. The fourth-order valence-corrected chi connectivity index (χ4v) is 2.16. The van der Waals surface area contributed by atoms with Crippen molar-refractivity contribution in [1.82, 2.24) is 4.90 Å². The summed E-state index contributed by atoms with van der Waals surface area (Å²) in [6, 6.07) is 2.37. The van der Waals surface area contributed by atoms with Crippen LogP contribution in [0.5, 0.6) is 0 Å². The van der Waals surface area contributed by atoms with Gasteiger partial charge in [0.1, 0.15) is 11.5 Å². The van der Waals surface area contributed by atoms with Gasteiger partial charge in [0.05, 0.1) is 15.5 Å². The lowest BCUT2D eigenvalue weighted by molar-refractivity contribution is -0.384. The lowest BCUT2D eigenvalue weighted by Gasteiger charge is -2.26. The molecule has 1 rings (SSSR count). The molecule has 0 aliphatic rings. The molecule has 1 N–H and O–H groups in total. The van der Waals surface area contributed by atoms with E-state index in [4.69, 9.17) is 0 Å². The van der Waals surface area contributed by atoms with Crippen molar-refractivity contribution < 1.29 is 9.31 Å². The lowest BCUT2D eigenvalue weighted by atomic mass is 10.0. The maximum atomic E-state index is 13.4. The fraction of sp³-hybridized carbons (Fsp3) is 0.538. The molecule has 1 unspecified atom stereocenters. The van der Waals surface area contributed by atoms with E-state index in [9.17, 15) is 14.5 Å². The summed E-state index contributed by atoms with van der Waals surface area (Å²) in [4.78, 5) is 12.5. The number of anilines is 1. The molecule has 1 aromatic carbocycles. The molecule has 0 bridgehead atoms. The van der Waals surface area contributed by atoms with Crippen LogP contribution >= 0.6 is 15.9 Å². The zero-order chi connectivity index (χ0) is 15.4. The van der Waals surface area contributed by atoms with Crippen molar-refractivity contribution in [2.75, 3.05) is 26.0 Å². The van der Waals surface area contributed by atoms with Crippen LogP contribution in [-0.4, -0.2) is 36.5 Å². The van der Waals surface area contributed by atoms with Gasteiger partial charge < -0.3 is 10.2 Å². The number of nitrogens with zero attached hydrogens (tertiary/aromatic N) is 2. The molecule has 1 aromatic rings. The molecule has 112 valence electrons. The highest BCUT2D eigenvalue weighted by Gasteiger charge is 2.22. The van der Waals surface area contributed by atoms with Gasteiger partial charge >= 0.3 is 0 Å². The Bertz CT molecular complexity index is 495. The Labute approximate surface area is 126 Å². The quantitative estimate of drug-likeness (QED) is 0.632. The Balaban J connectivity index is 3.11. The molecule has 5 nitrogen and oxygen atoms in total. The van der Waals surface area contributed by atoms with Crippen molar-refractivity contribution in [2.45, 2.75) is 19.9 Å². The Morgan fingerprint density at radius 1 is 1.45 bits per heavy atom. The third-order valence-corrected chi connectivity index (χ3v) is 3.55. The van der Waals surface area contributed by atoms with Gasteiger partial charge in [0.25, 0.3) is 5.69 Å². The van der Waals surface area contributed by atoms with Crippen molar-refractivity contribution in [3.05, 3.63) is 32.5 Å². The van der Waals surface area contributed by atoms with Gasteiger partial charge in [-0.3, -0.25) is 10.1 Å². The molecular weight excluding hydrogens is 329 g/mol. The van der Waals surface area contributed by atoms with Gasteiger partial charge in [-0.2, -0.15) is 0 Å². The maximum absolute atomic E-state index is 13.4. The van der Waals surface area contributed by atoms with Crippen LogP contribution in [0, 0.1) is 21.8 Å². The summed E-state index contributed by atoms with van der Waals surface area (Å²) in [6.45, 7) is 4.79. The van der Waals surface area contributed by atoms with Crippen LogP contribution < -0.4 is 5.32 Å². The highest BCUT2D eigenvalue weighted by atomic mass is 79.9. The number of nitro benzene ring substituents is 1. The molecular formula is C13H19BrFN3O2. The number of nitrogens with one attached hydrogen (secondary N) is 1. The zero-order valence-electron chi connectivity index (χ0n) is 12.0. The fourth-order valence-electron chi connectivity index (χ4n) is 1.82. The van der Waals surface area contributed by atoms with E-state index in [1.807, 2.05) is 32.8 Å². The first-order chi connectivity index (χ1) is 9.22. The predicted molar refractivity (Wildman–Crippen MR) is 81.6 cm³/mol. The first-order valence-corrected chi connectivity index (χ1v) is 7.06. The number of benzene rings is 1. The van der Waals surface area contributed by atoms with E-state index >= 15 is 0 Å². The minimum atomic E-state index is -0.643. The van der Waals surface area contributed by atoms with Crippen molar-refractivity contribution in [1.29, 1.82) is 0 Å². The molecule has 0 amide bonds. The average molecular weight is 348 g/mol. The molecule has 0 saturated heterocycles. The maximum Gasteiger partial charge on any atom is 0.295 e. The second-order valence-electron chi connectivity index (χ2n) is 5.30. The number of hydrogen-bond donors (Lipinski definition) is 1. The van der Waals surface area contributed by atoms with Gasteiger partial charge in [-0.1, -0.05) is 13.8 Å². The Kier molecular flexibility index (Phi) is 5.88. The molecule has 1 atom stereocenters. The molecule has 7 heteroatoms. The molecule has 0 aliphatic heterocycles. The van der Waals surface area contributed by atoms with E-state index < -0.39 is 10.7 Å². The van der Waals surface area contributed by atoms with E-state index in [1.165, 1.54) is 6.07 Å². The highest BCUT2D eigenvalue weighted by Crippen LogP contribution is 2.31. The Morgan fingerprint density at radius 3 is 2.50 bits per heavy atom. The first kappa shape index (κ1) is 16.8. The number of nitro groups is 1. The summed E-state index contributed by atoms with van der Waals surface area (Å²) < 4.78 is 13.6. The Morgan fingerprint density at radius 2 is 2.05 bits per heavy atom. The average Bonchev–Trinajstić information content (AvgIpc) is 2.31. The molecule has 0 fully saturated rings. The molecule has 0 heterocycles. The van der Waals surface area contributed by atoms with E-state index in [0.717, 1.165) is 12.6 Å². The molecule has 20 heavy (non-hydrogen) atoms. The van der Waals surface area contributed by atoms with Crippen LogP contribution in [0.3, 0.4) is 0 Å². The predicted octanol–water partition coefficient (Wildman–Crippen LogP) is 3.49. The van der Waals surface area contributed by atoms with Crippen LogP contribution in [0.2, 0.25) is 0 Å². The minimum absolute atomic E-state index is 0.0288. The van der Waals surface area contributed by atoms with E-state index in [-0.39, 0.29) is 22.1 Å². The number of likely N-dealkylation sites (N-methyl/N-ethyl adjacent to an activating group) is 1. The summed E-state index contributed by atoms with van der Waals surface area (Å²) >= 11 is 3.06. The number of hydrogen-bond acceptors (Lipinski definition) is 4.